The molecule has 2 aromatic carbocycles. The molecular formula is C23H27N3O4S2. The maximum atomic E-state index is 13.0. The Hall–Kier alpha value is -2.33. The summed E-state index contributed by atoms with van der Waals surface area (Å²) in [6.45, 7) is 6.44. The van der Waals surface area contributed by atoms with E-state index in [-0.39, 0.29) is 17.1 Å². The Labute approximate surface area is 192 Å². The van der Waals surface area contributed by atoms with Gasteiger partial charge in [-0.25, -0.2) is 8.42 Å². The van der Waals surface area contributed by atoms with Gasteiger partial charge in [-0.3, -0.25) is 4.79 Å². The third-order valence-corrected chi connectivity index (χ3v) is 8.55. The third kappa shape index (κ3) is 4.30. The standard InChI is InChI=1S/C23H27N3O4S2/c1-5-17-7-6-8-20-21(17)25(4)23(31-20)24-22(27)18-9-11-19(12-10-18)32(28,29)26-13-15(2)30-16(3)14-26/h6-12,15-16H,5,13-14H2,1-4H3. The Morgan fingerprint density at radius 3 is 2.41 bits per heavy atom. The van der Waals surface area contributed by atoms with E-state index in [4.69, 9.17) is 4.74 Å². The van der Waals surface area contributed by atoms with Crippen LogP contribution in [0.2, 0.25) is 0 Å². The summed E-state index contributed by atoms with van der Waals surface area (Å²) in [5, 5.41) is 0. The number of aromatic nitrogens is 1. The van der Waals surface area contributed by atoms with E-state index in [1.165, 1.54) is 45.5 Å². The lowest BCUT2D eigenvalue weighted by Crippen LogP contribution is -2.48. The molecule has 0 saturated carbocycles. The van der Waals surface area contributed by atoms with Crippen molar-refractivity contribution < 1.29 is 17.9 Å². The lowest BCUT2D eigenvalue weighted by molar-refractivity contribution is -0.0440. The number of aryl methyl sites for hydroxylation is 2. The zero-order valence-corrected chi connectivity index (χ0v) is 20.2. The number of hydrogen-bond acceptors (Lipinski definition) is 5. The molecule has 2 heterocycles. The number of hydrogen-bond donors (Lipinski definition) is 0. The van der Waals surface area contributed by atoms with Gasteiger partial charge in [-0.15, -0.1) is 0 Å². The summed E-state index contributed by atoms with van der Waals surface area (Å²) in [5.41, 5.74) is 2.64. The Kier molecular flexibility index (Phi) is 6.35. The number of fused-ring (bicyclic) bond motifs is 1. The van der Waals surface area contributed by atoms with E-state index < -0.39 is 15.9 Å². The van der Waals surface area contributed by atoms with Gasteiger partial charge in [0.05, 0.1) is 27.3 Å². The highest BCUT2D eigenvalue weighted by Gasteiger charge is 2.32. The summed E-state index contributed by atoms with van der Waals surface area (Å²) in [7, 11) is -1.74. The second-order valence-electron chi connectivity index (χ2n) is 8.08. The second-order valence-corrected chi connectivity index (χ2v) is 11.0. The molecule has 1 aliphatic heterocycles. The molecule has 1 saturated heterocycles. The Morgan fingerprint density at radius 1 is 1.12 bits per heavy atom. The molecule has 1 aliphatic rings. The summed E-state index contributed by atoms with van der Waals surface area (Å²) in [5.74, 6) is -0.400. The normalized spacial score (nSPS) is 20.7. The number of carbonyl (C=O) groups excluding carboxylic acids is 1. The predicted molar refractivity (Wildman–Crippen MR) is 125 cm³/mol. The monoisotopic (exact) mass is 473 g/mol. The number of benzene rings is 2. The van der Waals surface area contributed by atoms with Crippen LogP contribution in [-0.2, 0) is 28.2 Å². The van der Waals surface area contributed by atoms with E-state index >= 15 is 0 Å². The van der Waals surface area contributed by atoms with Gasteiger partial charge in [0.15, 0.2) is 4.80 Å². The number of morpholine rings is 1. The SMILES string of the molecule is CCc1cccc2sc(=NC(=O)c3ccc(S(=O)(=O)N4CC(C)OC(C)C4)cc3)n(C)c12. The molecule has 1 amide bonds. The fourth-order valence-corrected chi connectivity index (χ4v) is 6.73. The number of rotatable bonds is 4. The summed E-state index contributed by atoms with van der Waals surface area (Å²) < 4.78 is 36.1. The number of amides is 1. The second kappa shape index (κ2) is 8.90. The van der Waals surface area contributed by atoms with Gasteiger partial charge in [0.25, 0.3) is 5.91 Å². The summed E-state index contributed by atoms with van der Waals surface area (Å²) >= 11 is 1.46. The number of nitrogens with zero attached hydrogens (tertiary/aromatic N) is 3. The molecule has 7 nitrogen and oxygen atoms in total. The molecule has 0 N–H and O–H groups in total. The van der Waals surface area contributed by atoms with Gasteiger partial charge in [0, 0.05) is 25.7 Å². The summed E-state index contributed by atoms with van der Waals surface area (Å²) in [4.78, 5) is 17.9. The first-order chi connectivity index (χ1) is 15.2. The van der Waals surface area contributed by atoms with Gasteiger partial charge in [0.2, 0.25) is 10.0 Å². The van der Waals surface area contributed by atoms with E-state index in [1.54, 1.807) is 0 Å². The fourth-order valence-electron chi connectivity index (χ4n) is 4.07. The van der Waals surface area contributed by atoms with Crippen LogP contribution >= 0.6 is 11.3 Å². The van der Waals surface area contributed by atoms with Crippen molar-refractivity contribution in [3.8, 4) is 0 Å². The van der Waals surface area contributed by atoms with Gasteiger partial charge in [-0.05, 0) is 56.2 Å². The first-order valence-corrected chi connectivity index (χ1v) is 12.9. The smallest absolute Gasteiger partial charge is 0.279 e. The van der Waals surface area contributed by atoms with Crippen LogP contribution in [0.15, 0.2) is 52.4 Å². The average molecular weight is 474 g/mol. The van der Waals surface area contributed by atoms with Crippen LogP contribution in [0.1, 0.15) is 36.7 Å². The molecule has 0 aliphatic carbocycles. The van der Waals surface area contributed by atoms with Crippen molar-refractivity contribution in [2.45, 2.75) is 44.3 Å². The van der Waals surface area contributed by atoms with Crippen molar-refractivity contribution in [3.63, 3.8) is 0 Å². The molecule has 4 rings (SSSR count). The highest BCUT2D eigenvalue weighted by Crippen LogP contribution is 2.23. The van der Waals surface area contributed by atoms with Crippen molar-refractivity contribution in [1.82, 2.24) is 8.87 Å². The Balaban J connectivity index is 1.62. The summed E-state index contributed by atoms with van der Waals surface area (Å²) in [6, 6.07) is 12.1. The van der Waals surface area contributed by atoms with Crippen LogP contribution < -0.4 is 4.80 Å². The van der Waals surface area contributed by atoms with Crippen molar-refractivity contribution in [2.75, 3.05) is 13.1 Å². The Bertz CT molecular complexity index is 1310. The average Bonchev–Trinajstić information content (AvgIpc) is 3.08. The zero-order chi connectivity index (χ0) is 23.0. The predicted octanol–water partition coefficient (Wildman–Crippen LogP) is 3.34. The first kappa shape index (κ1) is 22.8. The molecular weight excluding hydrogens is 446 g/mol. The number of carbonyl (C=O) groups is 1. The van der Waals surface area contributed by atoms with Gasteiger partial charge < -0.3 is 9.30 Å². The first-order valence-electron chi connectivity index (χ1n) is 10.6. The number of thiazole rings is 1. The van der Waals surface area contributed by atoms with E-state index in [0.717, 1.165) is 16.6 Å². The topological polar surface area (TPSA) is 81.0 Å². The minimum absolute atomic E-state index is 0.162. The van der Waals surface area contributed by atoms with Gasteiger partial charge >= 0.3 is 0 Å². The number of ether oxygens (including phenoxy) is 1. The van der Waals surface area contributed by atoms with Gasteiger partial charge in [-0.1, -0.05) is 30.4 Å². The highest BCUT2D eigenvalue weighted by atomic mass is 32.2. The fraction of sp³-hybridized carbons (Fsp3) is 0.391. The molecule has 2 atom stereocenters. The largest absolute Gasteiger partial charge is 0.373 e. The highest BCUT2D eigenvalue weighted by molar-refractivity contribution is 7.89. The van der Waals surface area contributed by atoms with Crippen LogP contribution in [-0.4, -0.2) is 48.5 Å². The minimum atomic E-state index is -3.65. The van der Waals surface area contributed by atoms with E-state index in [0.29, 0.717) is 23.5 Å². The molecule has 9 heteroatoms. The van der Waals surface area contributed by atoms with E-state index in [9.17, 15) is 13.2 Å². The van der Waals surface area contributed by atoms with Crippen LogP contribution in [0.25, 0.3) is 10.2 Å². The third-order valence-electron chi connectivity index (χ3n) is 5.61. The Morgan fingerprint density at radius 2 is 1.78 bits per heavy atom. The van der Waals surface area contributed by atoms with Crippen LogP contribution in [0.4, 0.5) is 0 Å². The van der Waals surface area contributed by atoms with E-state index in [2.05, 4.69) is 18.0 Å². The van der Waals surface area contributed by atoms with Crippen molar-refractivity contribution in [3.05, 3.63) is 58.4 Å². The molecule has 2 unspecified atom stereocenters. The quantitative estimate of drug-likeness (QED) is 0.582. The maximum absolute atomic E-state index is 13.0. The van der Waals surface area contributed by atoms with Gasteiger partial charge in [-0.2, -0.15) is 9.30 Å². The van der Waals surface area contributed by atoms with Crippen LogP contribution in [0.3, 0.4) is 0 Å². The molecule has 1 fully saturated rings. The van der Waals surface area contributed by atoms with Crippen molar-refractivity contribution >= 4 is 37.5 Å². The minimum Gasteiger partial charge on any atom is -0.373 e. The molecule has 0 spiro atoms. The summed E-state index contributed by atoms with van der Waals surface area (Å²) in [6.07, 6.45) is 0.568. The number of sulfonamides is 1. The van der Waals surface area contributed by atoms with Gasteiger partial charge in [0.1, 0.15) is 0 Å². The molecule has 32 heavy (non-hydrogen) atoms. The zero-order valence-electron chi connectivity index (χ0n) is 18.6. The lowest BCUT2D eigenvalue weighted by Gasteiger charge is -2.34. The molecule has 0 bridgehead atoms. The molecule has 170 valence electrons. The van der Waals surface area contributed by atoms with Crippen molar-refractivity contribution in [2.24, 2.45) is 12.0 Å². The van der Waals surface area contributed by atoms with Crippen LogP contribution in [0, 0.1) is 0 Å². The van der Waals surface area contributed by atoms with Crippen molar-refractivity contribution in [1.29, 1.82) is 0 Å². The van der Waals surface area contributed by atoms with Crippen LogP contribution in [0.5, 0.6) is 0 Å². The lowest BCUT2D eigenvalue weighted by atomic mass is 10.1. The molecule has 3 aromatic rings. The van der Waals surface area contributed by atoms with E-state index in [1.807, 2.05) is 37.6 Å². The maximum Gasteiger partial charge on any atom is 0.279 e. The molecule has 0 radical (unpaired) electrons. The number of para-hydroxylation sites is 1. The molecule has 1 aromatic heterocycles.